The first-order chi connectivity index (χ1) is 10.1. The topological polar surface area (TPSA) is 90.9 Å². The fourth-order valence-corrected chi connectivity index (χ4v) is 2.19. The Hall–Kier alpha value is 0.796. The van der Waals surface area contributed by atoms with Gasteiger partial charge in [0.2, 0.25) is 0 Å². The van der Waals surface area contributed by atoms with Crippen LogP contribution in [0, 0.1) is 0 Å². The zero-order valence-corrected chi connectivity index (χ0v) is 16.1. The first kappa shape index (κ1) is 25.0. The fraction of sp³-hybridized carbons (Fsp3) is 1.00. The number of rotatable bonds is 16. The Kier molecular flexibility index (Phi) is 20.6. The van der Waals surface area contributed by atoms with Crippen LogP contribution < -0.4 is 9.79 Å². The molecule has 0 aliphatic rings. The van der Waals surface area contributed by atoms with Crippen molar-refractivity contribution in [2.45, 2.75) is 71.1 Å². The van der Waals surface area contributed by atoms with Gasteiger partial charge in [0.1, 0.15) is 14.4 Å². The van der Waals surface area contributed by atoms with E-state index in [0.717, 1.165) is 12.8 Å². The van der Waals surface area contributed by atoms with Gasteiger partial charge in [0.05, 0.1) is 6.61 Å². The van der Waals surface area contributed by atoms with Crippen LogP contribution in [0.5, 0.6) is 0 Å². The zero-order chi connectivity index (χ0) is 15.8. The normalized spacial score (nSPS) is 11.4. The van der Waals surface area contributed by atoms with Crippen molar-refractivity contribution >= 4 is 30.9 Å². The van der Waals surface area contributed by atoms with Crippen LogP contribution in [0.15, 0.2) is 0 Å². The van der Waals surface area contributed by atoms with Gasteiger partial charge < -0.3 is 19.1 Å². The fourth-order valence-electron chi connectivity index (χ4n) is 1.99. The smallest absolute Gasteiger partial charge is 0.788 e. The molecule has 0 aromatic heterocycles. The van der Waals surface area contributed by atoms with E-state index < -0.39 is 7.82 Å². The van der Waals surface area contributed by atoms with E-state index in [4.69, 9.17) is 4.74 Å². The molecule has 0 bridgehead atoms. The minimum absolute atomic E-state index is 0. The minimum atomic E-state index is -5.03. The summed E-state index contributed by atoms with van der Waals surface area (Å²) in [5.74, 6) is 0. The monoisotopic (exact) mass is 348 g/mol. The van der Waals surface area contributed by atoms with Crippen molar-refractivity contribution in [2.75, 3.05) is 19.8 Å². The molecule has 22 heavy (non-hydrogen) atoms. The van der Waals surface area contributed by atoms with E-state index in [9.17, 15) is 14.4 Å². The molecule has 0 amide bonds. The largest absolute Gasteiger partial charge is 2.00 e. The van der Waals surface area contributed by atoms with E-state index in [1.807, 2.05) is 0 Å². The van der Waals surface area contributed by atoms with E-state index in [1.165, 1.54) is 51.4 Å². The molecule has 128 valence electrons. The van der Waals surface area contributed by atoms with Crippen molar-refractivity contribution in [3.8, 4) is 0 Å². The molecule has 0 saturated carbocycles. The molecular weight excluding hydrogens is 319 g/mol. The van der Waals surface area contributed by atoms with Gasteiger partial charge in [-0.15, -0.1) is 0 Å². The molecule has 0 radical (unpaired) electrons. The van der Waals surface area contributed by atoms with E-state index in [0.29, 0.717) is 6.61 Å². The van der Waals surface area contributed by atoms with Gasteiger partial charge in [-0.25, -0.2) is 9.56 Å². The van der Waals surface area contributed by atoms with Gasteiger partial charge in [0.15, 0.2) is 0 Å². The molecule has 0 aliphatic carbocycles. The van der Waals surface area contributed by atoms with Gasteiger partial charge in [-0.2, -0.15) is 0 Å². The Morgan fingerprint density at radius 2 is 1.27 bits per heavy atom. The third-order valence-electron chi connectivity index (χ3n) is 3.10. The molecule has 0 fully saturated rings. The quantitative estimate of drug-likeness (QED) is 0.140. The van der Waals surface area contributed by atoms with Crippen LogP contribution in [0.25, 0.3) is 0 Å². The molecule has 0 atom stereocenters. The Morgan fingerprint density at radius 1 is 0.773 bits per heavy atom. The summed E-state index contributed by atoms with van der Waals surface area (Å²) >= 11 is 0. The molecule has 0 rings (SSSR count). The van der Waals surface area contributed by atoms with E-state index >= 15 is 0 Å². The molecule has 0 aromatic rings. The summed E-state index contributed by atoms with van der Waals surface area (Å²) in [4.78, 5) is 24.3. The molecule has 0 spiro atoms. The van der Waals surface area contributed by atoms with Crippen LogP contribution in [0.1, 0.15) is 71.1 Å². The van der Waals surface area contributed by atoms with Crippen molar-refractivity contribution in [3.05, 3.63) is 0 Å². The summed E-state index contributed by atoms with van der Waals surface area (Å²) in [6.07, 6.45) is 12.7. The number of unbranched alkanes of at least 4 members (excludes halogenated alkanes) is 9. The van der Waals surface area contributed by atoms with Gasteiger partial charge in [-0.3, -0.25) is 0 Å². The summed E-state index contributed by atoms with van der Waals surface area (Å²) < 4.78 is 18.9. The first-order valence-electron chi connectivity index (χ1n) is 7.97. The maximum absolute atomic E-state index is 10.0. The second-order valence-corrected chi connectivity index (χ2v) is 6.18. The van der Waals surface area contributed by atoms with Crippen molar-refractivity contribution in [3.63, 3.8) is 0 Å². The Bertz CT molecular complexity index is 262. The second-order valence-electron chi connectivity index (χ2n) is 5.14. The molecule has 0 aliphatic heterocycles. The number of phosphoric acid groups is 1. The van der Waals surface area contributed by atoms with Gasteiger partial charge in [-0.05, 0) is 6.42 Å². The van der Waals surface area contributed by atoms with Crippen LogP contribution in [0.2, 0.25) is 0 Å². The van der Waals surface area contributed by atoms with Gasteiger partial charge >= 0.3 is 23.1 Å². The molecule has 0 heterocycles. The van der Waals surface area contributed by atoms with Crippen molar-refractivity contribution < 1.29 is 28.7 Å². The van der Waals surface area contributed by atoms with Crippen LogP contribution in [0.4, 0.5) is 0 Å². The van der Waals surface area contributed by atoms with Crippen molar-refractivity contribution in [1.82, 2.24) is 0 Å². The average Bonchev–Trinajstić information content (AvgIpc) is 2.42. The van der Waals surface area contributed by atoms with E-state index in [-0.39, 0.29) is 36.3 Å². The molecule has 0 saturated heterocycles. The first-order valence-corrected chi connectivity index (χ1v) is 9.43. The Morgan fingerprint density at radius 3 is 1.77 bits per heavy atom. The minimum Gasteiger partial charge on any atom is -0.788 e. The predicted molar refractivity (Wildman–Crippen MR) is 83.1 cm³/mol. The predicted octanol–water partition coefficient (Wildman–Crippen LogP) is 2.32. The summed E-state index contributed by atoms with van der Waals surface area (Å²) in [6, 6.07) is 0. The maximum atomic E-state index is 10.0. The maximum Gasteiger partial charge on any atom is 2.00 e. The van der Waals surface area contributed by atoms with Crippen LogP contribution >= 0.6 is 7.82 Å². The molecule has 0 N–H and O–H groups in total. The third kappa shape index (κ3) is 23.1. The van der Waals surface area contributed by atoms with Gasteiger partial charge in [0, 0.05) is 6.61 Å². The average molecular weight is 349 g/mol. The zero-order valence-electron chi connectivity index (χ0n) is 13.8. The van der Waals surface area contributed by atoms with Crippen LogP contribution in [-0.4, -0.2) is 42.9 Å². The number of hydrogen-bond donors (Lipinski definition) is 0. The van der Waals surface area contributed by atoms with Crippen LogP contribution in [0.3, 0.4) is 0 Å². The van der Waals surface area contributed by atoms with Gasteiger partial charge in [0.25, 0.3) is 0 Å². The summed E-state index contributed by atoms with van der Waals surface area (Å²) in [6.45, 7) is 3.00. The molecule has 8 heteroatoms. The summed E-state index contributed by atoms with van der Waals surface area (Å²) in [5, 5.41) is 0. The number of ether oxygens (including phenoxy) is 1. The molecular formula is C14H29MgO6P. The summed E-state index contributed by atoms with van der Waals surface area (Å²) in [7, 11) is -5.03. The third-order valence-corrected chi connectivity index (χ3v) is 3.39. The number of hydrogen-bond acceptors (Lipinski definition) is 6. The molecule has 6 nitrogen and oxygen atoms in total. The Labute approximate surface area is 150 Å². The van der Waals surface area contributed by atoms with Crippen molar-refractivity contribution in [2.24, 2.45) is 0 Å². The van der Waals surface area contributed by atoms with E-state index in [2.05, 4.69) is 16.5 Å². The van der Waals surface area contributed by atoms with Crippen molar-refractivity contribution in [1.29, 1.82) is 0 Å². The SMILES string of the molecule is CCCCCCCCCCCCOCCOOP(=O)([O-])[O-].[Mg+2]. The van der Waals surface area contributed by atoms with Gasteiger partial charge in [-0.1, -0.05) is 64.7 Å². The van der Waals surface area contributed by atoms with Crippen LogP contribution in [-0.2, 0) is 18.9 Å². The molecule has 0 unspecified atom stereocenters. The Balaban J connectivity index is 0. The second kappa shape index (κ2) is 18.1. The molecule has 0 aromatic carbocycles. The van der Waals surface area contributed by atoms with E-state index in [1.54, 1.807) is 0 Å². The summed E-state index contributed by atoms with van der Waals surface area (Å²) in [5.41, 5.74) is 0. The standard InChI is InChI=1S/C14H31O6P.Mg/c1-2-3-4-5-6-7-8-9-10-11-12-18-13-14-19-20-21(15,16)17;/h2-14H2,1H3,(H2,15,16,17);/q;+2/p-2.